The Morgan fingerprint density at radius 1 is 0.944 bits per heavy atom. The van der Waals surface area contributed by atoms with Crippen molar-refractivity contribution in [3.63, 3.8) is 0 Å². The molecule has 0 radical (unpaired) electrons. The van der Waals surface area contributed by atoms with Gasteiger partial charge in [-0.05, 0) is 39.5 Å². The topological polar surface area (TPSA) is 37.9 Å². The summed E-state index contributed by atoms with van der Waals surface area (Å²) < 4.78 is 4.21. The number of rotatable bonds is 8. The van der Waals surface area contributed by atoms with Gasteiger partial charge in [0.1, 0.15) is 18.9 Å². The molecule has 196 valence electrons. The Bertz CT molecular complexity index is 1090. The van der Waals surface area contributed by atoms with Crippen LogP contribution in [-0.4, -0.2) is 10.5 Å². The smallest absolute Gasteiger partial charge is 0.265 e. The second-order valence-electron chi connectivity index (χ2n) is 12.0. The first-order chi connectivity index (χ1) is 16.4. The van der Waals surface area contributed by atoms with Gasteiger partial charge in [0, 0.05) is 12.5 Å². The van der Waals surface area contributed by atoms with Crippen LogP contribution in [0.3, 0.4) is 0 Å². The van der Waals surface area contributed by atoms with Crippen molar-refractivity contribution in [1.82, 2.24) is 9.88 Å². The molecule has 36 heavy (non-hydrogen) atoms. The first-order valence-electron chi connectivity index (χ1n) is 12.9. The zero-order valence-electron chi connectivity index (χ0n) is 23.3. The zero-order chi connectivity index (χ0) is 25.8. The van der Waals surface area contributed by atoms with Crippen LogP contribution in [0.25, 0.3) is 0 Å². The highest BCUT2D eigenvalue weighted by molar-refractivity contribution is 5.80. The summed E-state index contributed by atoms with van der Waals surface area (Å²) in [5.74, 6) is 0.291. The molecular formula is C31H44ClN3O. The molecular weight excluding hydrogens is 466 g/mol. The van der Waals surface area contributed by atoms with Gasteiger partial charge in [-0.1, -0.05) is 104 Å². The van der Waals surface area contributed by atoms with Crippen LogP contribution in [0, 0.1) is 5.92 Å². The monoisotopic (exact) mass is 509 g/mol. The molecule has 1 heterocycles. The Morgan fingerprint density at radius 2 is 1.53 bits per heavy atom. The number of halogens is 1. The van der Waals surface area contributed by atoms with Crippen molar-refractivity contribution in [2.45, 2.75) is 91.8 Å². The van der Waals surface area contributed by atoms with Gasteiger partial charge < -0.3 is 17.7 Å². The number of amides is 1. The number of benzene rings is 2. The number of nitrogens with zero attached hydrogens (tertiary/aromatic N) is 2. The highest BCUT2D eigenvalue weighted by atomic mass is 35.5. The number of imidazole rings is 1. The van der Waals surface area contributed by atoms with E-state index in [2.05, 4.69) is 125 Å². The van der Waals surface area contributed by atoms with E-state index in [9.17, 15) is 4.79 Å². The molecule has 5 heteroatoms. The minimum atomic E-state index is -0.245. The second kappa shape index (κ2) is 12.1. The van der Waals surface area contributed by atoms with Crippen molar-refractivity contribution >= 4 is 5.91 Å². The summed E-state index contributed by atoms with van der Waals surface area (Å²) in [7, 11) is 0. The van der Waals surface area contributed by atoms with Gasteiger partial charge in [0.05, 0.1) is 0 Å². The van der Waals surface area contributed by atoms with Crippen molar-refractivity contribution < 1.29 is 21.8 Å². The largest absolute Gasteiger partial charge is 1.00 e. The van der Waals surface area contributed by atoms with E-state index in [0.29, 0.717) is 6.54 Å². The summed E-state index contributed by atoms with van der Waals surface area (Å²) in [4.78, 5) is 13.5. The van der Waals surface area contributed by atoms with Gasteiger partial charge in [-0.3, -0.25) is 4.79 Å². The molecule has 3 aromatic rings. The summed E-state index contributed by atoms with van der Waals surface area (Å²) in [6, 6.07) is 17.0. The average Bonchev–Trinajstić information content (AvgIpc) is 3.24. The molecule has 0 aliphatic heterocycles. The molecule has 0 aliphatic rings. The van der Waals surface area contributed by atoms with E-state index in [4.69, 9.17) is 0 Å². The predicted molar refractivity (Wildman–Crippen MR) is 144 cm³/mol. The number of hydrogen-bond donors (Lipinski definition) is 1. The van der Waals surface area contributed by atoms with Crippen LogP contribution in [-0.2, 0) is 28.7 Å². The molecule has 1 amide bonds. The Kier molecular flexibility index (Phi) is 9.96. The lowest BCUT2D eigenvalue weighted by Crippen LogP contribution is -3.00. The van der Waals surface area contributed by atoms with Crippen LogP contribution in [0.1, 0.15) is 90.1 Å². The fourth-order valence-electron chi connectivity index (χ4n) is 4.33. The maximum Gasteiger partial charge on any atom is 0.265 e. The minimum absolute atomic E-state index is 0. The molecule has 2 atom stereocenters. The average molecular weight is 510 g/mol. The van der Waals surface area contributed by atoms with E-state index in [1.165, 1.54) is 16.7 Å². The van der Waals surface area contributed by atoms with Gasteiger partial charge in [0.15, 0.2) is 6.04 Å². The fourth-order valence-corrected chi connectivity index (χ4v) is 4.33. The summed E-state index contributed by atoms with van der Waals surface area (Å²) in [5, 5.41) is 3.26. The third-order valence-electron chi connectivity index (χ3n) is 6.88. The standard InChI is InChI=1S/C31H43N3O.ClH/c1-9-23(2)28(34-16-15-33(22-34)21-24-13-11-10-12-14-24)29(35)32-20-25-17-26(30(3,4)5)19-27(18-25)31(6,7)8;/h10-19,22-23,28H,9,20-21H2,1-8H3;1H/t23?,28-;/m0./s1. The van der Waals surface area contributed by atoms with Crippen molar-refractivity contribution in [1.29, 1.82) is 0 Å². The van der Waals surface area contributed by atoms with Crippen molar-refractivity contribution in [2.24, 2.45) is 5.92 Å². The van der Waals surface area contributed by atoms with Crippen LogP contribution < -0.4 is 22.3 Å². The molecule has 2 aromatic carbocycles. The number of carbonyl (C=O) groups excluding carboxylic acids is 1. The Morgan fingerprint density at radius 3 is 2.06 bits per heavy atom. The SMILES string of the molecule is CCC(C)[C@@H](C(=O)NCc1cc(C(C)(C)C)cc(C(C)(C)C)c1)n1cc[n+](Cc2ccccc2)c1.[Cl-]. The predicted octanol–water partition coefficient (Wildman–Crippen LogP) is 3.33. The summed E-state index contributed by atoms with van der Waals surface area (Å²) >= 11 is 0. The van der Waals surface area contributed by atoms with Crippen molar-refractivity contribution in [2.75, 3.05) is 0 Å². The third-order valence-corrected chi connectivity index (χ3v) is 6.88. The van der Waals surface area contributed by atoms with E-state index < -0.39 is 0 Å². The van der Waals surface area contributed by atoms with E-state index in [1.807, 2.05) is 12.3 Å². The minimum Gasteiger partial charge on any atom is -1.00 e. The lowest BCUT2D eigenvalue weighted by molar-refractivity contribution is -0.687. The molecule has 1 unspecified atom stereocenters. The number of aromatic nitrogens is 2. The molecule has 0 fully saturated rings. The van der Waals surface area contributed by atoms with E-state index in [0.717, 1.165) is 18.5 Å². The third kappa shape index (κ3) is 7.70. The maximum atomic E-state index is 13.5. The van der Waals surface area contributed by atoms with Gasteiger partial charge >= 0.3 is 0 Å². The first-order valence-corrected chi connectivity index (χ1v) is 12.9. The number of hydrogen-bond acceptors (Lipinski definition) is 1. The van der Waals surface area contributed by atoms with Crippen LogP contribution in [0.15, 0.2) is 67.3 Å². The number of nitrogens with one attached hydrogen (secondary N) is 1. The molecule has 0 spiro atoms. The van der Waals surface area contributed by atoms with Gasteiger partial charge in [-0.15, -0.1) is 0 Å². The molecule has 1 aromatic heterocycles. The first kappa shape index (κ1) is 29.6. The van der Waals surface area contributed by atoms with E-state index >= 15 is 0 Å². The van der Waals surface area contributed by atoms with Crippen LogP contribution in [0.5, 0.6) is 0 Å². The molecule has 0 bridgehead atoms. The summed E-state index contributed by atoms with van der Waals surface area (Å²) in [5.41, 5.74) is 5.12. The highest BCUT2D eigenvalue weighted by Crippen LogP contribution is 2.30. The summed E-state index contributed by atoms with van der Waals surface area (Å²) in [6.07, 6.45) is 7.07. The molecule has 0 saturated heterocycles. The molecule has 4 nitrogen and oxygen atoms in total. The van der Waals surface area contributed by atoms with Gasteiger partial charge in [0.25, 0.3) is 5.91 Å². The normalized spacial score (nSPS) is 13.6. The molecule has 3 rings (SSSR count). The maximum absolute atomic E-state index is 13.5. The Hall–Kier alpha value is -2.59. The van der Waals surface area contributed by atoms with Crippen molar-refractivity contribution in [3.8, 4) is 0 Å². The van der Waals surface area contributed by atoms with Crippen LogP contribution in [0.4, 0.5) is 0 Å². The zero-order valence-corrected chi connectivity index (χ0v) is 24.1. The summed E-state index contributed by atoms with van der Waals surface area (Å²) in [6.45, 7) is 19.1. The quantitative estimate of drug-likeness (QED) is 0.465. The Labute approximate surface area is 224 Å². The van der Waals surface area contributed by atoms with E-state index in [-0.39, 0.29) is 41.1 Å². The van der Waals surface area contributed by atoms with Crippen molar-refractivity contribution in [3.05, 3.63) is 89.5 Å². The highest BCUT2D eigenvalue weighted by Gasteiger charge is 2.30. The van der Waals surface area contributed by atoms with Gasteiger partial charge in [-0.2, -0.15) is 0 Å². The van der Waals surface area contributed by atoms with Crippen LogP contribution in [0.2, 0.25) is 0 Å². The lowest BCUT2D eigenvalue weighted by Gasteiger charge is -2.26. The van der Waals surface area contributed by atoms with Gasteiger partial charge in [-0.25, -0.2) is 9.13 Å². The van der Waals surface area contributed by atoms with Gasteiger partial charge in [0.2, 0.25) is 6.33 Å². The Balaban J connectivity index is 0.00000456. The molecule has 0 saturated carbocycles. The molecule has 1 N–H and O–H groups in total. The fraction of sp³-hybridized carbons (Fsp3) is 0.484. The van der Waals surface area contributed by atoms with E-state index in [1.54, 1.807) is 0 Å². The molecule has 0 aliphatic carbocycles. The second-order valence-corrected chi connectivity index (χ2v) is 12.0. The van der Waals surface area contributed by atoms with Crippen LogP contribution >= 0.6 is 0 Å². The number of carbonyl (C=O) groups is 1. The lowest BCUT2D eigenvalue weighted by atomic mass is 9.79.